The van der Waals surface area contributed by atoms with Crippen LogP contribution in [0, 0.1) is 6.92 Å². The van der Waals surface area contributed by atoms with E-state index >= 15 is 0 Å². The fourth-order valence-corrected chi connectivity index (χ4v) is 3.72. The van der Waals surface area contributed by atoms with Gasteiger partial charge in [0.25, 0.3) is 0 Å². The van der Waals surface area contributed by atoms with Crippen molar-refractivity contribution in [2.45, 2.75) is 19.9 Å². The summed E-state index contributed by atoms with van der Waals surface area (Å²) in [5, 5.41) is 5.33. The molecule has 8 heteroatoms. The molecule has 122 valence electrons. The van der Waals surface area contributed by atoms with Crippen molar-refractivity contribution in [3.8, 4) is 0 Å². The van der Waals surface area contributed by atoms with Gasteiger partial charge in [-0.3, -0.25) is 0 Å². The lowest BCUT2D eigenvalue weighted by atomic mass is 10.2. The highest BCUT2D eigenvalue weighted by Gasteiger charge is 2.21. The minimum absolute atomic E-state index is 0.0488. The Labute approximate surface area is 134 Å². The third-order valence-electron chi connectivity index (χ3n) is 3.79. The van der Waals surface area contributed by atoms with E-state index in [2.05, 4.69) is 15.1 Å². The Kier molecular flexibility index (Phi) is 3.71. The number of hydrogen-bond donors (Lipinski definition) is 0. The van der Waals surface area contributed by atoms with Crippen LogP contribution in [0.4, 0.5) is 5.95 Å². The predicted molar refractivity (Wildman–Crippen MR) is 90.6 cm³/mol. The van der Waals surface area contributed by atoms with Crippen LogP contribution >= 0.6 is 0 Å². The number of anilines is 1. The number of para-hydroxylation sites is 1. The first-order valence-electron chi connectivity index (χ1n) is 7.29. The number of benzene rings is 1. The summed E-state index contributed by atoms with van der Waals surface area (Å²) in [6, 6.07) is 7.49. The van der Waals surface area contributed by atoms with Crippen LogP contribution in [-0.2, 0) is 9.84 Å². The van der Waals surface area contributed by atoms with Crippen molar-refractivity contribution in [2.24, 2.45) is 0 Å². The number of fused-ring (bicyclic) bond motifs is 3. The summed E-state index contributed by atoms with van der Waals surface area (Å²) in [6.07, 6.45) is 1.24. The molecule has 0 bridgehead atoms. The third kappa shape index (κ3) is 2.98. The molecular formula is C15H19N5O2S. The van der Waals surface area contributed by atoms with Gasteiger partial charge in [0.05, 0.1) is 11.3 Å². The Morgan fingerprint density at radius 1 is 1.26 bits per heavy atom. The van der Waals surface area contributed by atoms with Gasteiger partial charge in [-0.05, 0) is 26.0 Å². The molecule has 0 fully saturated rings. The van der Waals surface area contributed by atoms with E-state index in [9.17, 15) is 8.42 Å². The van der Waals surface area contributed by atoms with Crippen LogP contribution in [0.25, 0.3) is 16.6 Å². The standard InChI is InChI=1S/C15H19N5O2S/c1-10(9-23(4,21)22)19(3)15-17-13-8-6-5-7-12(13)14-16-11(2)18-20(14)15/h5-8,10H,9H2,1-4H3/t10-/m1/s1. The summed E-state index contributed by atoms with van der Waals surface area (Å²) in [6.45, 7) is 3.68. The predicted octanol–water partition coefficient (Wildman–Crippen LogP) is 1.46. The molecule has 0 aliphatic carbocycles. The van der Waals surface area contributed by atoms with E-state index in [0.29, 0.717) is 11.8 Å². The van der Waals surface area contributed by atoms with E-state index in [4.69, 9.17) is 0 Å². The molecule has 23 heavy (non-hydrogen) atoms. The summed E-state index contributed by atoms with van der Waals surface area (Å²) in [5.74, 6) is 1.27. The third-order valence-corrected chi connectivity index (χ3v) is 4.88. The smallest absolute Gasteiger partial charge is 0.229 e. The second-order valence-electron chi connectivity index (χ2n) is 5.88. The monoisotopic (exact) mass is 333 g/mol. The lowest BCUT2D eigenvalue weighted by Crippen LogP contribution is -2.36. The van der Waals surface area contributed by atoms with Crippen molar-refractivity contribution in [1.29, 1.82) is 0 Å². The molecule has 1 atom stereocenters. The van der Waals surface area contributed by atoms with Gasteiger partial charge in [0.1, 0.15) is 15.7 Å². The minimum atomic E-state index is -3.08. The summed E-state index contributed by atoms with van der Waals surface area (Å²) >= 11 is 0. The molecular weight excluding hydrogens is 314 g/mol. The topological polar surface area (TPSA) is 80.5 Å². The zero-order chi connectivity index (χ0) is 16.8. The van der Waals surface area contributed by atoms with Crippen LogP contribution in [0.5, 0.6) is 0 Å². The largest absolute Gasteiger partial charge is 0.340 e. The zero-order valence-corrected chi connectivity index (χ0v) is 14.4. The van der Waals surface area contributed by atoms with Gasteiger partial charge >= 0.3 is 0 Å². The van der Waals surface area contributed by atoms with E-state index in [0.717, 1.165) is 16.6 Å². The normalized spacial score (nSPS) is 13.6. The molecule has 0 saturated carbocycles. The molecule has 3 rings (SSSR count). The Balaban J connectivity index is 2.19. The summed E-state index contributed by atoms with van der Waals surface area (Å²) in [5.41, 5.74) is 1.53. The lowest BCUT2D eigenvalue weighted by molar-refractivity contribution is 0.591. The average molecular weight is 333 g/mol. The van der Waals surface area contributed by atoms with Crippen LogP contribution in [0.2, 0.25) is 0 Å². The number of rotatable bonds is 4. The molecule has 0 amide bonds. The van der Waals surface area contributed by atoms with Crippen LogP contribution in [0.1, 0.15) is 12.7 Å². The maximum atomic E-state index is 11.6. The van der Waals surface area contributed by atoms with E-state index in [1.165, 1.54) is 6.26 Å². The fourth-order valence-electron chi connectivity index (χ4n) is 2.62. The van der Waals surface area contributed by atoms with Gasteiger partial charge in [0, 0.05) is 24.7 Å². The van der Waals surface area contributed by atoms with Crippen LogP contribution < -0.4 is 4.90 Å². The minimum Gasteiger partial charge on any atom is -0.340 e. The quantitative estimate of drug-likeness (QED) is 0.719. The Hall–Kier alpha value is -2.22. The Morgan fingerprint density at radius 3 is 2.65 bits per heavy atom. The van der Waals surface area contributed by atoms with Gasteiger partial charge in [0.15, 0.2) is 5.65 Å². The summed E-state index contributed by atoms with van der Waals surface area (Å²) in [7, 11) is -1.26. The highest BCUT2D eigenvalue weighted by molar-refractivity contribution is 7.90. The molecule has 3 aromatic rings. The van der Waals surface area contributed by atoms with E-state index in [1.54, 1.807) is 4.52 Å². The number of aromatic nitrogens is 4. The Bertz CT molecular complexity index is 980. The molecule has 0 saturated heterocycles. The van der Waals surface area contributed by atoms with Crippen molar-refractivity contribution < 1.29 is 8.42 Å². The first kappa shape index (κ1) is 15.7. The summed E-state index contributed by atoms with van der Waals surface area (Å²) < 4.78 is 24.8. The molecule has 1 aromatic carbocycles. The molecule has 0 spiro atoms. The first-order chi connectivity index (χ1) is 10.8. The van der Waals surface area contributed by atoms with E-state index in [-0.39, 0.29) is 11.8 Å². The van der Waals surface area contributed by atoms with Crippen LogP contribution in [0.15, 0.2) is 24.3 Å². The number of hydrogen-bond acceptors (Lipinski definition) is 6. The zero-order valence-electron chi connectivity index (χ0n) is 13.6. The molecule has 2 heterocycles. The molecule has 7 nitrogen and oxygen atoms in total. The van der Waals surface area contributed by atoms with Gasteiger partial charge in [0.2, 0.25) is 5.95 Å². The molecule has 0 aliphatic heterocycles. The van der Waals surface area contributed by atoms with Crippen molar-refractivity contribution in [3.63, 3.8) is 0 Å². The van der Waals surface area contributed by atoms with Crippen molar-refractivity contribution in [2.75, 3.05) is 24.0 Å². The van der Waals surface area contributed by atoms with Crippen LogP contribution in [0.3, 0.4) is 0 Å². The average Bonchev–Trinajstić information content (AvgIpc) is 2.85. The second kappa shape index (κ2) is 5.45. The number of nitrogens with zero attached hydrogens (tertiary/aromatic N) is 5. The highest BCUT2D eigenvalue weighted by Crippen LogP contribution is 2.23. The summed E-state index contributed by atoms with van der Waals surface area (Å²) in [4.78, 5) is 11.0. The Morgan fingerprint density at radius 2 is 1.96 bits per heavy atom. The van der Waals surface area contributed by atoms with Crippen molar-refractivity contribution in [3.05, 3.63) is 30.1 Å². The van der Waals surface area contributed by atoms with Crippen molar-refractivity contribution in [1.82, 2.24) is 19.6 Å². The van der Waals surface area contributed by atoms with Crippen molar-refractivity contribution >= 4 is 32.3 Å². The van der Waals surface area contributed by atoms with Gasteiger partial charge in [-0.15, -0.1) is 5.10 Å². The second-order valence-corrected chi connectivity index (χ2v) is 8.06. The number of sulfone groups is 1. The molecule has 0 unspecified atom stereocenters. The maximum Gasteiger partial charge on any atom is 0.229 e. The van der Waals surface area contributed by atoms with Gasteiger partial charge in [-0.25, -0.2) is 18.4 Å². The molecule has 2 aromatic heterocycles. The maximum absolute atomic E-state index is 11.6. The fraction of sp³-hybridized carbons (Fsp3) is 0.400. The van der Waals surface area contributed by atoms with Gasteiger partial charge in [-0.1, -0.05) is 12.1 Å². The van der Waals surface area contributed by atoms with Gasteiger partial charge in [-0.2, -0.15) is 4.52 Å². The van der Waals surface area contributed by atoms with Crippen LogP contribution in [-0.4, -0.2) is 53.1 Å². The molecule has 0 radical (unpaired) electrons. The first-order valence-corrected chi connectivity index (χ1v) is 9.35. The van der Waals surface area contributed by atoms with E-state index in [1.807, 2.05) is 50.1 Å². The lowest BCUT2D eigenvalue weighted by Gasteiger charge is -2.25. The number of aryl methyl sites for hydroxylation is 1. The van der Waals surface area contributed by atoms with Gasteiger partial charge < -0.3 is 4.90 Å². The molecule has 0 N–H and O–H groups in total. The SMILES string of the molecule is Cc1nc2c3ccccc3nc(N(C)[C@H](C)CS(C)(=O)=O)n2n1. The molecule has 0 aliphatic rings. The highest BCUT2D eigenvalue weighted by atomic mass is 32.2. The van der Waals surface area contributed by atoms with E-state index < -0.39 is 9.84 Å².